The minimum Gasteiger partial charge on any atom is -0.339 e. The molecule has 0 aromatic rings. The van der Waals surface area contributed by atoms with Gasteiger partial charge in [0, 0.05) is 30.6 Å². The number of amides is 1. The van der Waals surface area contributed by atoms with Crippen LogP contribution in [0.2, 0.25) is 0 Å². The summed E-state index contributed by atoms with van der Waals surface area (Å²) in [5.74, 6) is 0.805. The van der Waals surface area contributed by atoms with Crippen molar-refractivity contribution in [1.29, 1.82) is 0 Å². The largest absolute Gasteiger partial charge is 0.339 e. The van der Waals surface area contributed by atoms with Gasteiger partial charge in [0.1, 0.15) is 0 Å². The van der Waals surface area contributed by atoms with Gasteiger partial charge >= 0.3 is 0 Å². The Bertz CT molecular complexity index is 359. The monoisotopic (exact) mass is 281 g/mol. The molecule has 0 spiro atoms. The normalized spacial score (nSPS) is 28.4. The van der Waals surface area contributed by atoms with Crippen molar-refractivity contribution in [1.82, 2.24) is 15.1 Å². The van der Waals surface area contributed by atoms with Crippen molar-refractivity contribution in [2.45, 2.75) is 46.1 Å². The maximum absolute atomic E-state index is 13.0. The molecule has 4 heteroatoms. The Kier molecular flexibility index (Phi) is 4.45. The standard InChI is InChI=1S/C16H31N3O/c1-15(2)12-19(10-9-18(15)5)14(20)16(3,4)13-7-6-8-17-11-13/h13,17H,6-12H2,1-5H3. The van der Waals surface area contributed by atoms with Crippen molar-refractivity contribution >= 4 is 5.91 Å². The number of likely N-dealkylation sites (N-methyl/N-ethyl adjacent to an activating group) is 1. The van der Waals surface area contributed by atoms with E-state index in [9.17, 15) is 4.79 Å². The van der Waals surface area contributed by atoms with Crippen LogP contribution in [0, 0.1) is 11.3 Å². The van der Waals surface area contributed by atoms with Gasteiger partial charge < -0.3 is 10.2 Å². The van der Waals surface area contributed by atoms with Crippen molar-refractivity contribution in [2.24, 2.45) is 11.3 Å². The van der Waals surface area contributed by atoms with Crippen molar-refractivity contribution in [3.8, 4) is 0 Å². The summed E-state index contributed by atoms with van der Waals surface area (Å²) in [7, 11) is 2.15. The molecule has 2 rings (SSSR count). The average molecular weight is 281 g/mol. The first kappa shape index (κ1) is 15.8. The van der Waals surface area contributed by atoms with E-state index < -0.39 is 0 Å². The number of piperidine rings is 1. The van der Waals surface area contributed by atoms with Gasteiger partial charge in [-0.3, -0.25) is 9.69 Å². The van der Waals surface area contributed by atoms with Crippen LogP contribution in [-0.4, -0.2) is 61.0 Å². The second kappa shape index (κ2) is 5.64. The van der Waals surface area contributed by atoms with E-state index in [1.807, 2.05) is 0 Å². The van der Waals surface area contributed by atoms with Crippen LogP contribution in [0.25, 0.3) is 0 Å². The Morgan fingerprint density at radius 1 is 1.30 bits per heavy atom. The van der Waals surface area contributed by atoms with E-state index in [2.05, 4.69) is 49.9 Å². The van der Waals surface area contributed by atoms with Gasteiger partial charge in [-0.1, -0.05) is 13.8 Å². The summed E-state index contributed by atoms with van der Waals surface area (Å²) in [5.41, 5.74) is -0.172. The van der Waals surface area contributed by atoms with E-state index >= 15 is 0 Å². The highest BCUT2D eigenvalue weighted by atomic mass is 16.2. The third kappa shape index (κ3) is 3.01. The van der Waals surface area contributed by atoms with Crippen LogP contribution in [0.15, 0.2) is 0 Å². The summed E-state index contributed by atoms with van der Waals surface area (Å²) in [6, 6.07) is 0. The van der Waals surface area contributed by atoms with Crippen LogP contribution in [-0.2, 0) is 4.79 Å². The Hall–Kier alpha value is -0.610. The summed E-state index contributed by atoms with van der Waals surface area (Å²) in [6.07, 6.45) is 2.36. The first-order valence-electron chi connectivity index (χ1n) is 7.96. The molecule has 0 bridgehead atoms. The van der Waals surface area contributed by atoms with Crippen LogP contribution >= 0.6 is 0 Å². The molecule has 1 amide bonds. The summed E-state index contributed by atoms with van der Waals surface area (Å²) in [5, 5.41) is 3.44. The van der Waals surface area contributed by atoms with Crippen LogP contribution in [0.4, 0.5) is 0 Å². The average Bonchev–Trinajstić information content (AvgIpc) is 2.42. The number of rotatable bonds is 2. The summed E-state index contributed by atoms with van der Waals surface area (Å²) < 4.78 is 0. The van der Waals surface area contributed by atoms with E-state index in [0.29, 0.717) is 11.8 Å². The van der Waals surface area contributed by atoms with Crippen molar-refractivity contribution < 1.29 is 4.79 Å². The van der Waals surface area contributed by atoms with Crippen molar-refractivity contribution in [2.75, 3.05) is 39.8 Å². The third-order valence-electron chi connectivity index (χ3n) is 5.47. The molecule has 1 atom stereocenters. The lowest BCUT2D eigenvalue weighted by Crippen LogP contribution is -2.61. The fourth-order valence-electron chi connectivity index (χ4n) is 3.46. The molecule has 20 heavy (non-hydrogen) atoms. The SMILES string of the molecule is CN1CCN(C(=O)C(C)(C)C2CCCNC2)CC1(C)C. The number of carbonyl (C=O) groups excluding carboxylic acids is 1. The summed E-state index contributed by atoms with van der Waals surface area (Å²) in [6.45, 7) is 13.5. The van der Waals surface area contributed by atoms with Crippen LogP contribution in [0.5, 0.6) is 0 Å². The smallest absolute Gasteiger partial charge is 0.228 e. The highest BCUT2D eigenvalue weighted by Crippen LogP contribution is 2.35. The minimum absolute atomic E-state index is 0.0782. The lowest BCUT2D eigenvalue weighted by molar-refractivity contribution is -0.148. The lowest BCUT2D eigenvalue weighted by Gasteiger charge is -2.48. The zero-order valence-electron chi connectivity index (χ0n) is 13.8. The molecule has 1 N–H and O–H groups in total. The number of nitrogens with zero attached hydrogens (tertiary/aromatic N) is 2. The molecule has 2 fully saturated rings. The molecule has 0 saturated carbocycles. The molecule has 2 aliphatic rings. The van der Waals surface area contributed by atoms with Crippen LogP contribution in [0.1, 0.15) is 40.5 Å². The third-order valence-corrected chi connectivity index (χ3v) is 5.47. The van der Waals surface area contributed by atoms with E-state index in [-0.39, 0.29) is 11.0 Å². The van der Waals surface area contributed by atoms with E-state index in [0.717, 1.165) is 32.7 Å². The van der Waals surface area contributed by atoms with Crippen molar-refractivity contribution in [3.63, 3.8) is 0 Å². The number of piperazine rings is 1. The fourth-order valence-corrected chi connectivity index (χ4v) is 3.46. The molecule has 116 valence electrons. The first-order chi connectivity index (χ1) is 9.25. The molecular formula is C16H31N3O. The second-order valence-electron chi connectivity index (χ2n) is 7.73. The fraction of sp³-hybridized carbons (Fsp3) is 0.938. The Morgan fingerprint density at radius 2 is 2.00 bits per heavy atom. The molecular weight excluding hydrogens is 250 g/mol. The molecule has 4 nitrogen and oxygen atoms in total. The molecule has 0 aromatic heterocycles. The molecule has 0 aliphatic carbocycles. The number of hydrogen-bond acceptors (Lipinski definition) is 3. The van der Waals surface area contributed by atoms with Crippen LogP contribution in [0.3, 0.4) is 0 Å². The quantitative estimate of drug-likeness (QED) is 0.834. The van der Waals surface area contributed by atoms with E-state index in [1.165, 1.54) is 12.8 Å². The van der Waals surface area contributed by atoms with Gasteiger partial charge in [0.15, 0.2) is 0 Å². The Balaban J connectivity index is 2.06. The molecule has 0 radical (unpaired) electrons. The summed E-state index contributed by atoms with van der Waals surface area (Å²) in [4.78, 5) is 17.4. The minimum atomic E-state index is -0.251. The van der Waals surface area contributed by atoms with Crippen molar-refractivity contribution in [3.05, 3.63) is 0 Å². The van der Waals surface area contributed by atoms with E-state index in [4.69, 9.17) is 0 Å². The maximum atomic E-state index is 13.0. The lowest BCUT2D eigenvalue weighted by atomic mass is 9.73. The van der Waals surface area contributed by atoms with Gasteiger partial charge in [-0.05, 0) is 52.7 Å². The molecule has 1 unspecified atom stereocenters. The van der Waals surface area contributed by atoms with Gasteiger partial charge in [-0.25, -0.2) is 0 Å². The Labute approximate surface area is 123 Å². The number of nitrogens with one attached hydrogen (secondary N) is 1. The molecule has 2 aliphatic heterocycles. The topological polar surface area (TPSA) is 35.6 Å². The predicted octanol–water partition coefficient (Wildman–Crippen LogP) is 1.56. The summed E-state index contributed by atoms with van der Waals surface area (Å²) >= 11 is 0. The molecule has 2 saturated heterocycles. The first-order valence-corrected chi connectivity index (χ1v) is 7.96. The van der Waals surface area contributed by atoms with Gasteiger partial charge in [-0.2, -0.15) is 0 Å². The highest BCUT2D eigenvalue weighted by molar-refractivity contribution is 5.82. The van der Waals surface area contributed by atoms with Gasteiger partial charge in [0.05, 0.1) is 0 Å². The molecule has 0 aromatic carbocycles. The number of hydrogen-bond donors (Lipinski definition) is 1. The predicted molar refractivity (Wildman–Crippen MR) is 82.7 cm³/mol. The van der Waals surface area contributed by atoms with E-state index in [1.54, 1.807) is 0 Å². The zero-order valence-corrected chi connectivity index (χ0v) is 13.8. The Morgan fingerprint density at radius 3 is 2.55 bits per heavy atom. The number of carbonyl (C=O) groups is 1. The molecule has 2 heterocycles. The van der Waals surface area contributed by atoms with Gasteiger partial charge in [0.2, 0.25) is 5.91 Å². The van der Waals surface area contributed by atoms with Crippen LogP contribution < -0.4 is 5.32 Å². The highest BCUT2D eigenvalue weighted by Gasteiger charge is 2.42. The zero-order chi connectivity index (χ0) is 15.0. The second-order valence-corrected chi connectivity index (χ2v) is 7.73. The maximum Gasteiger partial charge on any atom is 0.228 e. The van der Waals surface area contributed by atoms with Gasteiger partial charge in [0.25, 0.3) is 0 Å². The van der Waals surface area contributed by atoms with Gasteiger partial charge in [-0.15, -0.1) is 0 Å².